The molecule has 0 aromatic rings. The Balaban J connectivity index is 1.15. The standard InChI is InChI=1S/C58H90O23/c1-13-25(3)47(70)80-45-46(81-48(71)26(4)14-2)58(24-61)28(21-53(45,5)6)27-15-16-32-55(9)19-18-33(54(7,8)31(55)17-20-56(32,10)57(27,11)43(68)44(58)69)76-52-42(79-51-38(66)36(64)34(62)29(22-59)74-51)40(39(67)41(78-52)49(72)73-12)77-50-37(65)35(63)30(23-60)75-50/h13-15,28-46,50-52,59-69H,16-24H2,1-12H3/b25-13-,26-14-/t28-,29+,30-,31-,32+,33-,34-,35-,36-,37+,38+,39-,40-,41-,42+,43-,44+,45-,46-,50-,51-,52+,55-,56+,57-,58-/m0/s1. The number of carbonyl (C=O) groups is 3. The van der Waals surface area contributed by atoms with Crippen LogP contribution >= 0.6 is 0 Å². The van der Waals surface area contributed by atoms with Gasteiger partial charge in [-0.1, -0.05) is 72.3 Å². The molecular formula is C58H90O23. The highest BCUT2D eigenvalue weighted by Crippen LogP contribution is 2.76. The third-order valence-electron chi connectivity index (χ3n) is 21.5. The van der Waals surface area contributed by atoms with Gasteiger partial charge in [0.1, 0.15) is 67.1 Å². The highest BCUT2D eigenvalue weighted by molar-refractivity contribution is 5.89. The van der Waals surface area contributed by atoms with Crippen molar-refractivity contribution in [3.8, 4) is 0 Å². The van der Waals surface area contributed by atoms with E-state index in [0.29, 0.717) is 44.1 Å². The Labute approximate surface area is 473 Å². The molecule has 0 amide bonds. The first-order chi connectivity index (χ1) is 37.9. The van der Waals surface area contributed by atoms with E-state index in [-0.39, 0.29) is 17.4 Å². The number of carbonyl (C=O) groups excluding carboxylic acids is 3. The van der Waals surface area contributed by atoms with E-state index in [9.17, 15) is 70.6 Å². The summed E-state index contributed by atoms with van der Waals surface area (Å²) in [7, 11) is 1.06. The SMILES string of the molecule is C/C=C(/C)C(=O)O[C@H]1[C@H](OC(=O)/C(C)=C\C)[C@]2(CO)[C@H](O)[C@H](O)[C@]3(C)C(=CC[C@@H]4[C@@]5(C)CC[C@H](O[C@@H]6O[C@H](C(=O)OC)[C@@H](O)[C@H](O[C@@H]7O[C@@H](CO)[C@H](O)[C@H]7O)[C@H]6O[C@@H]6O[C@H](CO)[C@H](O)[C@H](O)[C@H]6O)C(C)(C)[C@@H]5CC[C@]43C)[C@@H]2CC1(C)C. The zero-order chi connectivity index (χ0) is 60.0. The van der Waals surface area contributed by atoms with Crippen molar-refractivity contribution in [1.29, 1.82) is 0 Å². The molecule has 0 aromatic carbocycles. The lowest BCUT2D eigenvalue weighted by Crippen LogP contribution is -2.76. The Morgan fingerprint density at radius 3 is 1.73 bits per heavy atom. The van der Waals surface area contributed by atoms with Crippen LogP contribution < -0.4 is 0 Å². The number of rotatable bonds is 14. The fourth-order valence-electron chi connectivity index (χ4n) is 16.3. The van der Waals surface area contributed by atoms with Crippen molar-refractivity contribution in [2.75, 3.05) is 26.9 Å². The Morgan fingerprint density at radius 1 is 0.642 bits per heavy atom. The summed E-state index contributed by atoms with van der Waals surface area (Å²) in [6.45, 7) is 18.6. The molecule has 8 aliphatic rings. The van der Waals surface area contributed by atoms with Crippen LogP contribution in [0.2, 0.25) is 0 Å². The molecule has 3 saturated heterocycles. The van der Waals surface area contributed by atoms with E-state index in [1.54, 1.807) is 39.8 Å². The second-order valence-electron chi connectivity index (χ2n) is 26.2. The highest BCUT2D eigenvalue weighted by Gasteiger charge is 2.76. The summed E-state index contributed by atoms with van der Waals surface area (Å²) in [5, 5.41) is 124. The first kappa shape index (κ1) is 64.0. The Kier molecular flexibility index (Phi) is 18.4. The third-order valence-corrected chi connectivity index (χ3v) is 21.5. The van der Waals surface area contributed by atoms with Gasteiger partial charge in [-0.15, -0.1) is 0 Å². The molecule has 4 saturated carbocycles. The molecule has 26 atom stereocenters. The topological polar surface area (TPSA) is 357 Å². The number of hydrogen-bond donors (Lipinski definition) is 11. The van der Waals surface area contributed by atoms with Crippen LogP contribution in [-0.4, -0.2) is 218 Å². The normalized spacial score (nSPS) is 48.6. The number of ether oxygens (including phenoxy) is 9. The molecule has 23 nitrogen and oxygen atoms in total. The van der Waals surface area contributed by atoms with Gasteiger partial charge in [-0.25, -0.2) is 14.4 Å². The summed E-state index contributed by atoms with van der Waals surface area (Å²) < 4.78 is 54.7. The lowest BCUT2D eigenvalue weighted by atomic mass is 9.32. The number of aliphatic hydroxyl groups excluding tert-OH is 11. The minimum absolute atomic E-state index is 0.132. The van der Waals surface area contributed by atoms with Gasteiger partial charge in [0.05, 0.1) is 50.7 Å². The molecule has 7 fully saturated rings. The van der Waals surface area contributed by atoms with Gasteiger partial charge in [-0.3, -0.25) is 0 Å². The zero-order valence-corrected chi connectivity index (χ0v) is 48.6. The molecule has 0 bridgehead atoms. The Hall–Kier alpha value is -3.05. The fraction of sp³-hybridized carbons (Fsp3) is 0.845. The van der Waals surface area contributed by atoms with E-state index in [1.165, 1.54) is 0 Å². The van der Waals surface area contributed by atoms with Crippen molar-refractivity contribution < 1.29 is 113 Å². The molecule has 8 rings (SSSR count). The summed E-state index contributed by atoms with van der Waals surface area (Å²) >= 11 is 0. The molecule has 23 heteroatoms. The van der Waals surface area contributed by atoms with Crippen LogP contribution in [0.5, 0.6) is 0 Å². The number of hydrogen-bond acceptors (Lipinski definition) is 23. The maximum Gasteiger partial charge on any atom is 0.337 e. The Bertz CT molecular complexity index is 2410. The fourth-order valence-corrected chi connectivity index (χ4v) is 16.3. The molecule has 0 unspecified atom stereocenters. The molecule has 5 aliphatic carbocycles. The van der Waals surface area contributed by atoms with Gasteiger partial charge >= 0.3 is 17.9 Å². The average Bonchev–Trinajstić information content (AvgIpc) is 3.88. The molecule has 11 N–H and O–H groups in total. The van der Waals surface area contributed by atoms with Gasteiger partial charge in [-0.05, 0) is 100 Å². The maximum atomic E-state index is 13.9. The number of aliphatic hydroxyl groups is 11. The van der Waals surface area contributed by atoms with Crippen molar-refractivity contribution >= 4 is 17.9 Å². The highest BCUT2D eigenvalue weighted by atomic mass is 16.8. The number of fused-ring (bicyclic) bond motifs is 7. The van der Waals surface area contributed by atoms with Crippen molar-refractivity contribution in [1.82, 2.24) is 0 Å². The first-order valence-electron chi connectivity index (χ1n) is 28.5. The quantitative estimate of drug-likeness (QED) is 0.0367. The molecule has 3 aliphatic heterocycles. The van der Waals surface area contributed by atoms with Gasteiger partial charge in [0.15, 0.2) is 31.1 Å². The molecular weight excluding hydrogens is 1060 g/mol. The van der Waals surface area contributed by atoms with Crippen LogP contribution in [0, 0.1) is 50.2 Å². The molecule has 0 spiro atoms. The molecule has 0 aromatic heterocycles. The Morgan fingerprint density at radius 2 is 1.19 bits per heavy atom. The first-order valence-corrected chi connectivity index (χ1v) is 28.5. The summed E-state index contributed by atoms with van der Waals surface area (Å²) in [5.74, 6) is -3.37. The van der Waals surface area contributed by atoms with Crippen LogP contribution in [0.25, 0.3) is 0 Å². The van der Waals surface area contributed by atoms with Gasteiger partial charge in [0.2, 0.25) is 0 Å². The lowest BCUT2D eigenvalue weighted by molar-refractivity contribution is -0.386. The summed E-state index contributed by atoms with van der Waals surface area (Å²) in [6, 6.07) is 0. The van der Waals surface area contributed by atoms with E-state index >= 15 is 0 Å². The van der Waals surface area contributed by atoms with E-state index in [4.69, 9.17) is 42.6 Å². The summed E-state index contributed by atoms with van der Waals surface area (Å²) in [4.78, 5) is 41.0. The zero-order valence-electron chi connectivity index (χ0n) is 48.6. The van der Waals surface area contributed by atoms with Crippen LogP contribution in [-0.2, 0) is 57.0 Å². The lowest BCUT2D eigenvalue weighted by Gasteiger charge is -2.73. The van der Waals surface area contributed by atoms with Crippen LogP contribution in [0.15, 0.2) is 34.9 Å². The molecule has 460 valence electrons. The van der Waals surface area contributed by atoms with Crippen molar-refractivity contribution in [3.63, 3.8) is 0 Å². The van der Waals surface area contributed by atoms with Gasteiger partial charge in [0.25, 0.3) is 0 Å². The van der Waals surface area contributed by atoms with Crippen LogP contribution in [0.1, 0.15) is 115 Å². The van der Waals surface area contributed by atoms with E-state index in [1.807, 2.05) is 34.6 Å². The van der Waals surface area contributed by atoms with Crippen molar-refractivity contribution in [2.45, 2.75) is 231 Å². The number of esters is 3. The monoisotopic (exact) mass is 1150 g/mol. The van der Waals surface area contributed by atoms with Crippen molar-refractivity contribution in [2.24, 2.45) is 50.2 Å². The van der Waals surface area contributed by atoms with Crippen LogP contribution in [0.4, 0.5) is 0 Å². The van der Waals surface area contributed by atoms with Crippen molar-refractivity contribution in [3.05, 3.63) is 34.9 Å². The average molecular weight is 1160 g/mol. The smallest absolute Gasteiger partial charge is 0.337 e. The van der Waals surface area contributed by atoms with E-state index < -0.39 is 193 Å². The molecule has 81 heavy (non-hydrogen) atoms. The maximum absolute atomic E-state index is 13.9. The van der Waals surface area contributed by atoms with Gasteiger partial charge in [-0.2, -0.15) is 0 Å². The van der Waals surface area contributed by atoms with E-state index in [0.717, 1.165) is 12.7 Å². The largest absolute Gasteiger partial charge is 0.467 e. The molecule has 0 radical (unpaired) electrons. The molecule has 3 heterocycles. The minimum Gasteiger partial charge on any atom is -0.467 e. The number of allylic oxidation sites excluding steroid dienone is 3. The van der Waals surface area contributed by atoms with Gasteiger partial charge < -0.3 is 98.8 Å². The number of methoxy groups -OCH3 is 1. The predicted octanol–water partition coefficient (Wildman–Crippen LogP) is 0.351. The van der Waals surface area contributed by atoms with Crippen LogP contribution in [0.3, 0.4) is 0 Å². The second-order valence-corrected chi connectivity index (χ2v) is 26.2. The summed E-state index contributed by atoms with van der Waals surface area (Å²) in [6.07, 6.45) is -22.9. The second kappa shape index (κ2) is 23.3. The summed E-state index contributed by atoms with van der Waals surface area (Å²) in [5.41, 5.74) is -4.30. The van der Waals surface area contributed by atoms with E-state index in [2.05, 4.69) is 19.9 Å². The third kappa shape index (κ3) is 10.1. The predicted molar refractivity (Wildman–Crippen MR) is 281 cm³/mol. The minimum atomic E-state index is -2.00. The van der Waals surface area contributed by atoms with Gasteiger partial charge in [0, 0.05) is 22.0 Å².